The Kier molecular flexibility index (Phi) is 17.3. The molecule has 4 saturated heterocycles. The van der Waals surface area contributed by atoms with Crippen LogP contribution in [-0.2, 0) is 42.7 Å². The smallest absolute Gasteiger partial charge is 0.330 e. The lowest BCUT2D eigenvalue weighted by molar-refractivity contribution is -0.352. The van der Waals surface area contributed by atoms with Gasteiger partial charge in [-0.25, -0.2) is 4.79 Å². The molecule has 7 rings (SSSR count). The van der Waals surface area contributed by atoms with Gasteiger partial charge >= 0.3 is 5.97 Å². The van der Waals surface area contributed by atoms with Gasteiger partial charge in [-0.15, -0.1) is 0 Å². The number of ether oxygens (including phenoxy) is 8. The van der Waals surface area contributed by atoms with Crippen molar-refractivity contribution in [1.29, 1.82) is 0 Å². The molecular weight excluding hydrogens is 872 g/mol. The first-order valence-electron chi connectivity index (χ1n) is 22.7. The first kappa shape index (κ1) is 51.2. The van der Waals surface area contributed by atoms with Crippen LogP contribution in [0.5, 0.6) is 0 Å². The fourth-order valence-electron chi connectivity index (χ4n) is 10.3. The Labute approximate surface area is 374 Å². The van der Waals surface area contributed by atoms with E-state index < -0.39 is 172 Å². The molecule has 0 radical (unpaired) electrons. The summed E-state index contributed by atoms with van der Waals surface area (Å²) in [5.41, 5.74) is 0. The molecule has 65 heavy (non-hydrogen) atoms. The summed E-state index contributed by atoms with van der Waals surface area (Å²) >= 11 is 0. The van der Waals surface area contributed by atoms with Gasteiger partial charge in [0.05, 0.1) is 61.5 Å². The minimum Gasteiger partial charge on any atom is -0.460 e. The van der Waals surface area contributed by atoms with Crippen LogP contribution in [0.15, 0.2) is 12.2 Å². The molecule has 4 heterocycles. The molecule has 14 N–H and O–H groups in total. The van der Waals surface area contributed by atoms with Crippen molar-refractivity contribution in [3.05, 3.63) is 12.2 Å². The van der Waals surface area contributed by atoms with Gasteiger partial charge in [0.25, 0.3) is 0 Å². The molecule has 0 spiro atoms. The predicted molar refractivity (Wildman–Crippen MR) is 212 cm³/mol. The lowest BCUT2D eigenvalue weighted by Crippen LogP contribution is -2.64. The van der Waals surface area contributed by atoms with Crippen molar-refractivity contribution in [3.8, 4) is 0 Å². The SMILES string of the molecule is C[C@@H]1O[C@@H](OC[C@H]2O[C@@H](OC3CC4C(CC(O)CC4O[C@@H]4O[C@H](COC(=O)C=CC5CCC(O)CC5)[C@@H](O)[C@H](O)[C@H]4O)OC3C3CC(O)C(O)C(O)C3)[C@H](O)[C@@H](O)[C@@H]2O)[C@H](O)[C@H](O)[C@H]1O. The Bertz CT molecular complexity index is 1540. The van der Waals surface area contributed by atoms with Crippen molar-refractivity contribution in [1.82, 2.24) is 0 Å². The molecule has 374 valence electrons. The third-order valence-corrected chi connectivity index (χ3v) is 14.3. The van der Waals surface area contributed by atoms with E-state index in [9.17, 15) is 76.3 Å². The van der Waals surface area contributed by atoms with Crippen molar-refractivity contribution in [2.75, 3.05) is 13.2 Å². The van der Waals surface area contributed by atoms with Gasteiger partial charge in [0, 0.05) is 18.4 Å². The number of aliphatic hydroxyl groups excluding tert-OH is 14. The van der Waals surface area contributed by atoms with Crippen molar-refractivity contribution in [2.24, 2.45) is 17.8 Å². The number of allylic oxidation sites excluding steroid dienone is 1. The molecule has 23 heteroatoms. The Hall–Kier alpha value is -1.63. The highest BCUT2D eigenvalue weighted by molar-refractivity contribution is 5.81. The Morgan fingerprint density at radius 3 is 1.71 bits per heavy atom. The zero-order valence-corrected chi connectivity index (χ0v) is 36.0. The Morgan fingerprint density at radius 2 is 1.09 bits per heavy atom. The second-order valence-electron chi connectivity index (χ2n) is 19.0. The van der Waals surface area contributed by atoms with Gasteiger partial charge in [-0.1, -0.05) is 6.08 Å². The third kappa shape index (κ3) is 11.7. The predicted octanol–water partition coefficient (Wildman–Crippen LogP) is -5.71. The molecule has 0 aromatic carbocycles. The zero-order chi connectivity index (χ0) is 47.0. The Balaban J connectivity index is 1.05. The van der Waals surface area contributed by atoms with E-state index in [-0.39, 0.29) is 44.1 Å². The van der Waals surface area contributed by atoms with Crippen LogP contribution < -0.4 is 0 Å². The van der Waals surface area contributed by atoms with Gasteiger partial charge in [0.2, 0.25) is 0 Å². The van der Waals surface area contributed by atoms with E-state index in [1.807, 2.05) is 0 Å². The highest BCUT2D eigenvalue weighted by Crippen LogP contribution is 2.45. The zero-order valence-electron chi connectivity index (χ0n) is 36.0. The molecule has 3 aliphatic carbocycles. The lowest BCUT2D eigenvalue weighted by atomic mass is 9.72. The standard InChI is InChI=1S/C42H68O23/c1-15-29(48)33(52)36(55)40(60-15)59-14-27-32(51)35(54)38(57)42(65-27)63-25-12-20-23(61-39(25)17-8-21(45)30(49)22(46)9-17)10-19(44)11-24(20)62-41-37(56)34(53)31(50)26(64-41)13-58-28(47)7-4-16-2-5-18(43)6-3-16/h4,7,15-27,29-46,48-57H,2-3,5-6,8-14H2,1H3/t15-,16?,17?,18?,19?,20?,21?,22?,23?,24?,25?,26+,27+,29-,30?,31+,32+,33+,34-,35-,36+,37+,38+,39?,40+,41+,42+/m0/s1. The molecule has 3 saturated carbocycles. The first-order chi connectivity index (χ1) is 30.8. The number of carbonyl (C=O) groups is 1. The summed E-state index contributed by atoms with van der Waals surface area (Å²) < 4.78 is 47.5. The van der Waals surface area contributed by atoms with Crippen LogP contribution in [0.2, 0.25) is 0 Å². The number of hydrogen-bond acceptors (Lipinski definition) is 23. The summed E-state index contributed by atoms with van der Waals surface area (Å²) in [5.74, 6) is -2.05. The van der Waals surface area contributed by atoms with Crippen molar-refractivity contribution < 1.29 is 114 Å². The van der Waals surface area contributed by atoms with E-state index in [0.29, 0.717) is 25.7 Å². The van der Waals surface area contributed by atoms with E-state index in [1.54, 1.807) is 6.08 Å². The maximum Gasteiger partial charge on any atom is 0.330 e. The fraction of sp³-hybridized carbons (Fsp3) is 0.929. The molecule has 7 aliphatic rings. The number of esters is 1. The Morgan fingerprint density at radius 1 is 0.538 bits per heavy atom. The number of rotatable bonds is 12. The van der Waals surface area contributed by atoms with E-state index in [2.05, 4.69) is 0 Å². The molecule has 8 unspecified atom stereocenters. The van der Waals surface area contributed by atoms with Gasteiger partial charge in [-0.05, 0) is 70.1 Å². The summed E-state index contributed by atoms with van der Waals surface area (Å²) in [6.07, 6.45) is -28.2. The summed E-state index contributed by atoms with van der Waals surface area (Å²) in [5, 5.41) is 149. The number of fused-ring (bicyclic) bond motifs is 1. The minimum atomic E-state index is -1.88. The van der Waals surface area contributed by atoms with Gasteiger partial charge in [-0.3, -0.25) is 0 Å². The molecular formula is C42H68O23. The van der Waals surface area contributed by atoms with Crippen molar-refractivity contribution in [2.45, 2.75) is 212 Å². The van der Waals surface area contributed by atoms with Crippen LogP contribution in [0.1, 0.15) is 64.7 Å². The largest absolute Gasteiger partial charge is 0.460 e. The van der Waals surface area contributed by atoms with Crippen LogP contribution in [-0.4, -0.2) is 238 Å². The second kappa shape index (κ2) is 22.0. The summed E-state index contributed by atoms with van der Waals surface area (Å²) in [7, 11) is 0. The second-order valence-corrected chi connectivity index (χ2v) is 19.0. The van der Waals surface area contributed by atoms with Gasteiger partial charge in [-0.2, -0.15) is 0 Å². The molecule has 23 atom stereocenters. The van der Waals surface area contributed by atoms with Crippen LogP contribution >= 0.6 is 0 Å². The number of hydrogen-bond donors (Lipinski definition) is 14. The van der Waals surface area contributed by atoms with Gasteiger partial charge < -0.3 is 109 Å². The summed E-state index contributed by atoms with van der Waals surface area (Å²) in [6, 6.07) is 0. The minimum absolute atomic E-state index is 0.00804. The maximum atomic E-state index is 12.6. The van der Waals surface area contributed by atoms with Crippen LogP contribution in [0, 0.1) is 17.8 Å². The molecule has 7 fully saturated rings. The molecule has 0 amide bonds. The van der Waals surface area contributed by atoms with Crippen molar-refractivity contribution in [3.63, 3.8) is 0 Å². The van der Waals surface area contributed by atoms with E-state index in [0.717, 1.165) is 0 Å². The molecule has 0 bridgehead atoms. The monoisotopic (exact) mass is 940 g/mol. The van der Waals surface area contributed by atoms with E-state index in [4.69, 9.17) is 37.9 Å². The third-order valence-electron chi connectivity index (χ3n) is 14.3. The summed E-state index contributed by atoms with van der Waals surface area (Å²) in [6.45, 7) is 0.338. The normalized spacial score (nSPS) is 52.2. The highest BCUT2D eigenvalue weighted by Gasteiger charge is 2.55. The van der Waals surface area contributed by atoms with Crippen LogP contribution in [0.4, 0.5) is 0 Å². The number of carbonyl (C=O) groups excluding carboxylic acids is 1. The molecule has 4 aliphatic heterocycles. The van der Waals surface area contributed by atoms with E-state index in [1.165, 1.54) is 13.0 Å². The quantitative estimate of drug-likeness (QED) is 0.0640. The van der Waals surface area contributed by atoms with E-state index >= 15 is 0 Å². The highest BCUT2D eigenvalue weighted by atomic mass is 16.7. The average molecular weight is 941 g/mol. The number of aliphatic hydroxyl groups is 14. The maximum absolute atomic E-state index is 12.6. The van der Waals surface area contributed by atoms with Gasteiger partial charge in [0.1, 0.15) is 79.9 Å². The van der Waals surface area contributed by atoms with Crippen molar-refractivity contribution >= 4 is 5.97 Å². The summed E-state index contributed by atoms with van der Waals surface area (Å²) in [4.78, 5) is 12.6. The van der Waals surface area contributed by atoms with Crippen LogP contribution in [0.25, 0.3) is 0 Å². The first-order valence-corrected chi connectivity index (χ1v) is 22.7. The topological polar surface area (TPSA) is 374 Å². The molecule has 0 aromatic heterocycles. The van der Waals surface area contributed by atoms with Crippen LogP contribution in [0.3, 0.4) is 0 Å². The average Bonchev–Trinajstić information content (AvgIpc) is 3.27. The lowest BCUT2D eigenvalue weighted by Gasteiger charge is -2.53. The van der Waals surface area contributed by atoms with Gasteiger partial charge in [0.15, 0.2) is 18.9 Å². The molecule has 0 aromatic rings. The molecule has 23 nitrogen and oxygen atoms in total. The fourth-order valence-corrected chi connectivity index (χ4v) is 10.3.